The minimum absolute atomic E-state index is 0.125. The highest BCUT2D eigenvalue weighted by Gasteiger charge is 2.33. The quantitative estimate of drug-likeness (QED) is 0.278. The molecule has 3 unspecified atom stereocenters. The zero-order valence-corrected chi connectivity index (χ0v) is 23.0. The summed E-state index contributed by atoms with van der Waals surface area (Å²) in [6, 6.07) is 2.03. The molecule has 194 valence electrons. The molecule has 0 aliphatic carbocycles. The van der Waals surface area contributed by atoms with E-state index < -0.39 is 5.97 Å². The Bertz CT molecular complexity index is 785. The zero-order valence-electron chi connectivity index (χ0n) is 23.0. The van der Waals surface area contributed by atoms with Gasteiger partial charge in [-0.1, -0.05) is 72.6 Å². The fraction of sp³-hybridized carbons (Fsp3) is 0.767. The lowest BCUT2D eigenvalue weighted by atomic mass is 9.85. The number of hydrogen-bond donors (Lipinski definition) is 1. The van der Waals surface area contributed by atoms with Gasteiger partial charge >= 0.3 is 5.97 Å². The molecule has 2 rings (SSSR count). The molecule has 4 heteroatoms. The number of aliphatic carboxylic acids is 1. The summed E-state index contributed by atoms with van der Waals surface area (Å²) in [4.78, 5) is 10.9. The molecule has 0 amide bonds. The molecule has 0 saturated heterocycles. The molecular formula is C30H50O4. The number of carboxylic acids is 1. The molecule has 0 fully saturated rings. The van der Waals surface area contributed by atoms with E-state index in [0.717, 1.165) is 53.9 Å². The van der Waals surface area contributed by atoms with Crippen molar-refractivity contribution in [1.29, 1.82) is 0 Å². The highest BCUT2D eigenvalue weighted by Crippen LogP contribution is 2.42. The molecule has 1 aliphatic heterocycles. The Balaban J connectivity index is 1.77. The van der Waals surface area contributed by atoms with Crippen LogP contribution in [0.2, 0.25) is 0 Å². The first-order valence-electron chi connectivity index (χ1n) is 13.7. The van der Waals surface area contributed by atoms with Crippen molar-refractivity contribution in [3.8, 4) is 11.5 Å². The molecule has 1 N–H and O–H groups in total. The average Bonchev–Trinajstić information content (AvgIpc) is 2.72. The van der Waals surface area contributed by atoms with E-state index >= 15 is 0 Å². The minimum atomic E-state index is -0.953. The van der Waals surface area contributed by atoms with Gasteiger partial charge in [-0.15, -0.1) is 0 Å². The Morgan fingerprint density at radius 3 is 2.21 bits per heavy atom. The maximum atomic E-state index is 10.9. The van der Waals surface area contributed by atoms with Gasteiger partial charge in [0.2, 0.25) is 0 Å². The van der Waals surface area contributed by atoms with Crippen molar-refractivity contribution in [2.75, 3.05) is 6.61 Å². The van der Waals surface area contributed by atoms with Gasteiger partial charge in [-0.05, 0) is 81.4 Å². The molecule has 0 spiro atoms. The van der Waals surface area contributed by atoms with Crippen molar-refractivity contribution in [2.24, 2.45) is 17.8 Å². The van der Waals surface area contributed by atoms with Crippen LogP contribution in [0.4, 0.5) is 0 Å². The van der Waals surface area contributed by atoms with Crippen molar-refractivity contribution >= 4 is 5.97 Å². The highest BCUT2D eigenvalue weighted by atomic mass is 16.5. The van der Waals surface area contributed by atoms with Crippen molar-refractivity contribution < 1.29 is 19.4 Å². The number of ether oxygens (including phenoxy) is 2. The van der Waals surface area contributed by atoms with Gasteiger partial charge in [0, 0.05) is 5.56 Å². The topological polar surface area (TPSA) is 55.8 Å². The van der Waals surface area contributed by atoms with Crippen LogP contribution in [0.15, 0.2) is 6.07 Å². The van der Waals surface area contributed by atoms with E-state index in [1.54, 1.807) is 0 Å². The first-order valence-corrected chi connectivity index (χ1v) is 13.7. The van der Waals surface area contributed by atoms with Crippen LogP contribution < -0.4 is 9.47 Å². The largest absolute Gasteiger partial charge is 0.487 e. The van der Waals surface area contributed by atoms with E-state index in [9.17, 15) is 4.79 Å². The fourth-order valence-corrected chi connectivity index (χ4v) is 5.41. The van der Waals surface area contributed by atoms with Crippen LogP contribution in [0.1, 0.15) is 116 Å². The fourth-order valence-electron chi connectivity index (χ4n) is 5.41. The van der Waals surface area contributed by atoms with Gasteiger partial charge < -0.3 is 14.6 Å². The second-order valence-electron chi connectivity index (χ2n) is 11.7. The molecule has 1 aromatic carbocycles. The molecule has 3 atom stereocenters. The highest BCUT2D eigenvalue weighted by molar-refractivity contribution is 5.69. The summed E-state index contributed by atoms with van der Waals surface area (Å²) in [6.45, 7) is 15.4. The summed E-state index contributed by atoms with van der Waals surface area (Å²) in [7, 11) is 0. The molecule has 1 aliphatic rings. The van der Waals surface area contributed by atoms with Crippen LogP contribution in [-0.4, -0.2) is 23.3 Å². The lowest BCUT2D eigenvalue weighted by Gasteiger charge is -2.37. The average molecular weight is 475 g/mol. The summed E-state index contributed by atoms with van der Waals surface area (Å²) in [5, 5.41) is 8.95. The number of hydrogen-bond acceptors (Lipinski definition) is 3. The van der Waals surface area contributed by atoms with E-state index in [4.69, 9.17) is 14.6 Å². The van der Waals surface area contributed by atoms with Crippen LogP contribution in [0.25, 0.3) is 0 Å². The zero-order chi connectivity index (χ0) is 25.3. The molecular weight excluding hydrogens is 424 g/mol. The smallest absolute Gasteiger partial charge is 0.341 e. The molecule has 34 heavy (non-hydrogen) atoms. The number of rotatable bonds is 15. The molecule has 1 aromatic rings. The third-order valence-corrected chi connectivity index (χ3v) is 7.67. The van der Waals surface area contributed by atoms with E-state index in [1.165, 1.54) is 56.9 Å². The summed E-state index contributed by atoms with van der Waals surface area (Å²) in [6.07, 6.45) is 13.7. The van der Waals surface area contributed by atoms with E-state index in [2.05, 4.69) is 34.6 Å². The first kappa shape index (κ1) is 28.5. The monoisotopic (exact) mass is 474 g/mol. The lowest BCUT2D eigenvalue weighted by molar-refractivity contribution is -0.139. The second kappa shape index (κ2) is 13.4. The van der Waals surface area contributed by atoms with Gasteiger partial charge in [-0.2, -0.15) is 0 Å². The number of carboxylic acid groups (broad SMARTS) is 1. The maximum absolute atomic E-state index is 10.9. The lowest BCUT2D eigenvalue weighted by Crippen LogP contribution is -2.36. The third kappa shape index (κ3) is 9.15. The van der Waals surface area contributed by atoms with Gasteiger partial charge in [0.15, 0.2) is 6.61 Å². The van der Waals surface area contributed by atoms with Crippen molar-refractivity contribution in [3.05, 3.63) is 22.8 Å². The van der Waals surface area contributed by atoms with Gasteiger partial charge in [-0.25, -0.2) is 4.79 Å². The van der Waals surface area contributed by atoms with E-state index in [-0.39, 0.29) is 12.2 Å². The van der Waals surface area contributed by atoms with Gasteiger partial charge in [0.05, 0.1) is 0 Å². The molecule has 4 nitrogen and oxygen atoms in total. The standard InChI is InChI=1S/C30H50O4/c1-21(2)11-8-12-22(3)13-9-14-23(4)15-10-17-30(7)18-16-26-25(6)29(33-20-28(31)32)24(5)19-27(26)34-30/h19,21-23H,8-18,20H2,1-7H3,(H,31,32). The van der Waals surface area contributed by atoms with Gasteiger partial charge in [0.1, 0.15) is 17.1 Å². The van der Waals surface area contributed by atoms with Crippen molar-refractivity contribution in [1.82, 2.24) is 0 Å². The Labute approximate surface area is 208 Å². The Hall–Kier alpha value is -1.71. The van der Waals surface area contributed by atoms with E-state index in [0.29, 0.717) is 5.75 Å². The predicted octanol–water partition coefficient (Wildman–Crippen LogP) is 8.29. The molecule has 0 saturated carbocycles. The van der Waals surface area contributed by atoms with Crippen LogP contribution in [0, 0.1) is 31.6 Å². The van der Waals surface area contributed by atoms with Crippen LogP contribution in [0.3, 0.4) is 0 Å². The van der Waals surface area contributed by atoms with Gasteiger partial charge in [-0.3, -0.25) is 0 Å². The first-order chi connectivity index (χ1) is 16.0. The Morgan fingerprint density at radius 2 is 1.62 bits per heavy atom. The minimum Gasteiger partial charge on any atom is -0.487 e. The molecule has 0 radical (unpaired) electrons. The van der Waals surface area contributed by atoms with Crippen LogP contribution in [-0.2, 0) is 11.2 Å². The summed E-state index contributed by atoms with van der Waals surface area (Å²) in [5.41, 5.74) is 3.00. The Morgan fingerprint density at radius 1 is 1.03 bits per heavy atom. The third-order valence-electron chi connectivity index (χ3n) is 7.67. The molecule has 1 heterocycles. The van der Waals surface area contributed by atoms with E-state index in [1.807, 2.05) is 19.9 Å². The number of fused-ring (bicyclic) bond motifs is 1. The predicted molar refractivity (Wildman–Crippen MR) is 141 cm³/mol. The SMILES string of the molecule is Cc1cc2c(c(C)c1OCC(=O)O)CCC(C)(CCCC(C)CCCC(C)CCCC(C)C)O2. The van der Waals surface area contributed by atoms with Gasteiger partial charge in [0.25, 0.3) is 0 Å². The normalized spacial score (nSPS) is 19.4. The summed E-state index contributed by atoms with van der Waals surface area (Å²) in [5.74, 6) is 3.16. The molecule has 0 bridgehead atoms. The number of benzene rings is 1. The van der Waals surface area contributed by atoms with Crippen molar-refractivity contribution in [2.45, 2.75) is 125 Å². The number of carbonyl (C=O) groups is 1. The van der Waals surface area contributed by atoms with Crippen LogP contribution in [0.5, 0.6) is 11.5 Å². The second-order valence-corrected chi connectivity index (χ2v) is 11.7. The Kier molecular flexibility index (Phi) is 11.2. The van der Waals surface area contributed by atoms with Crippen LogP contribution >= 0.6 is 0 Å². The summed E-state index contributed by atoms with van der Waals surface area (Å²) >= 11 is 0. The maximum Gasteiger partial charge on any atom is 0.341 e. The molecule has 0 aromatic heterocycles. The summed E-state index contributed by atoms with van der Waals surface area (Å²) < 4.78 is 12.1. The van der Waals surface area contributed by atoms with Crippen molar-refractivity contribution in [3.63, 3.8) is 0 Å². The number of aryl methyl sites for hydroxylation is 1.